The maximum atomic E-state index is 10.7. The maximum absolute atomic E-state index is 10.7. The fourth-order valence-electron chi connectivity index (χ4n) is 1.40. The van der Waals surface area contributed by atoms with E-state index in [2.05, 4.69) is 0 Å². The van der Waals surface area contributed by atoms with Crippen LogP contribution in [0.15, 0.2) is 42.5 Å². The van der Waals surface area contributed by atoms with Crippen molar-refractivity contribution >= 4 is 16.7 Å². The van der Waals surface area contributed by atoms with Crippen molar-refractivity contribution in [3.8, 4) is 0 Å². The Morgan fingerprint density at radius 1 is 1.00 bits per heavy atom. The van der Waals surface area contributed by atoms with E-state index in [1.807, 2.05) is 24.3 Å². The second kappa shape index (κ2) is 4.27. The van der Waals surface area contributed by atoms with Crippen LogP contribution in [0.4, 0.5) is 0 Å². The summed E-state index contributed by atoms with van der Waals surface area (Å²) in [4.78, 5) is 10.7. The van der Waals surface area contributed by atoms with Crippen LogP contribution in [0.5, 0.6) is 0 Å². The van der Waals surface area contributed by atoms with Gasteiger partial charge in [0.25, 0.3) is 0 Å². The maximum Gasteiger partial charge on any atom is 1.00 e. The summed E-state index contributed by atoms with van der Waals surface area (Å²) < 4.78 is 0. The van der Waals surface area contributed by atoms with Crippen LogP contribution in [-0.4, -0.2) is 5.97 Å². The zero-order chi connectivity index (χ0) is 9.26. The van der Waals surface area contributed by atoms with Gasteiger partial charge in [0.2, 0.25) is 0 Å². The molecule has 0 atom stereocenters. The summed E-state index contributed by atoms with van der Waals surface area (Å²) in [5.41, 5.74) is 0.248. The molecule has 0 spiro atoms. The van der Waals surface area contributed by atoms with Crippen LogP contribution in [0, 0.1) is 0 Å². The molecule has 0 amide bonds. The Morgan fingerprint density at radius 3 is 2.36 bits per heavy atom. The SMILES string of the molecule is O=C([O-])c1cccc2ccccc12.[Cu+]. The van der Waals surface area contributed by atoms with E-state index < -0.39 is 5.97 Å². The number of fused-ring (bicyclic) bond motifs is 1. The quantitative estimate of drug-likeness (QED) is 0.696. The van der Waals surface area contributed by atoms with Crippen molar-refractivity contribution in [2.45, 2.75) is 0 Å². The normalized spacial score (nSPS) is 9.43. The van der Waals surface area contributed by atoms with Crippen molar-refractivity contribution in [1.82, 2.24) is 0 Å². The Hall–Kier alpha value is -1.31. The third-order valence-electron chi connectivity index (χ3n) is 2.01. The average molecular weight is 235 g/mol. The zero-order valence-electron chi connectivity index (χ0n) is 7.16. The molecule has 0 aliphatic carbocycles. The van der Waals surface area contributed by atoms with Gasteiger partial charge in [0.1, 0.15) is 0 Å². The zero-order valence-corrected chi connectivity index (χ0v) is 8.10. The van der Waals surface area contributed by atoms with E-state index in [0.717, 1.165) is 10.8 Å². The molecule has 2 aromatic carbocycles. The molecule has 0 radical (unpaired) electrons. The van der Waals surface area contributed by atoms with Gasteiger partial charge in [-0.3, -0.25) is 0 Å². The van der Waals surface area contributed by atoms with E-state index in [0.29, 0.717) is 0 Å². The van der Waals surface area contributed by atoms with Gasteiger partial charge in [-0.05, 0) is 10.8 Å². The monoisotopic (exact) mass is 234 g/mol. The largest absolute Gasteiger partial charge is 1.00 e. The summed E-state index contributed by atoms with van der Waals surface area (Å²) in [6, 6.07) is 12.5. The first-order chi connectivity index (χ1) is 6.29. The van der Waals surface area contributed by atoms with Gasteiger partial charge in [0, 0.05) is 5.56 Å². The number of benzene rings is 2. The van der Waals surface area contributed by atoms with E-state index in [9.17, 15) is 9.90 Å². The fraction of sp³-hybridized carbons (Fsp3) is 0. The van der Waals surface area contributed by atoms with Gasteiger partial charge in [0.05, 0.1) is 5.97 Å². The minimum Gasteiger partial charge on any atom is -0.545 e. The van der Waals surface area contributed by atoms with Gasteiger partial charge in [-0.25, -0.2) is 0 Å². The molecule has 0 heterocycles. The number of carboxylic acid groups (broad SMARTS) is 1. The third kappa shape index (κ3) is 1.79. The average Bonchev–Trinajstić information content (AvgIpc) is 2.17. The van der Waals surface area contributed by atoms with Crippen LogP contribution in [-0.2, 0) is 17.1 Å². The Bertz CT molecular complexity index is 460. The molecule has 74 valence electrons. The third-order valence-corrected chi connectivity index (χ3v) is 2.01. The topological polar surface area (TPSA) is 40.1 Å². The molecule has 2 nitrogen and oxygen atoms in total. The molecule has 2 aromatic rings. The fourth-order valence-corrected chi connectivity index (χ4v) is 1.40. The van der Waals surface area contributed by atoms with Crippen molar-refractivity contribution in [3.05, 3.63) is 48.0 Å². The van der Waals surface area contributed by atoms with Gasteiger partial charge < -0.3 is 9.90 Å². The second-order valence-corrected chi connectivity index (χ2v) is 2.81. The van der Waals surface area contributed by atoms with E-state index in [1.165, 1.54) is 0 Å². The minimum absolute atomic E-state index is 0. The molecule has 2 rings (SSSR count). The number of aromatic carboxylic acids is 1. The van der Waals surface area contributed by atoms with Crippen LogP contribution in [0.3, 0.4) is 0 Å². The number of hydrogen-bond acceptors (Lipinski definition) is 2. The van der Waals surface area contributed by atoms with Gasteiger partial charge in [-0.2, -0.15) is 0 Å². The van der Waals surface area contributed by atoms with Crippen molar-refractivity contribution in [1.29, 1.82) is 0 Å². The molecule has 0 saturated carbocycles. The summed E-state index contributed by atoms with van der Waals surface area (Å²) in [5.74, 6) is -1.13. The van der Waals surface area contributed by atoms with Crippen LogP contribution in [0.25, 0.3) is 10.8 Å². The first kappa shape index (κ1) is 10.8. The molecule has 0 N–H and O–H groups in total. The Labute approximate surface area is 92.0 Å². The summed E-state index contributed by atoms with van der Waals surface area (Å²) in [7, 11) is 0. The van der Waals surface area contributed by atoms with E-state index in [4.69, 9.17) is 0 Å². The van der Waals surface area contributed by atoms with Gasteiger partial charge in [-0.1, -0.05) is 42.5 Å². The smallest absolute Gasteiger partial charge is 0.545 e. The predicted molar refractivity (Wildman–Crippen MR) is 48.3 cm³/mol. The Balaban J connectivity index is 0.000000980. The van der Waals surface area contributed by atoms with Crippen molar-refractivity contribution < 1.29 is 27.0 Å². The predicted octanol–water partition coefficient (Wildman–Crippen LogP) is 1.20. The first-order valence-electron chi connectivity index (χ1n) is 3.98. The Kier molecular flexibility index (Phi) is 3.28. The molecular formula is C11H7CuO2. The molecular weight excluding hydrogens is 228 g/mol. The number of rotatable bonds is 1. The van der Waals surface area contributed by atoms with E-state index >= 15 is 0 Å². The summed E-state index contributed by atoms with van der Waals surface area (Å²) in [6.07, 6.45) is 0. The molecule has 0 fully saturated rings. The molecule has 0 saturated heterocycles. The van der Waals surface area contributed by atoms with Crippen molar-refractivity contribution in [2.75, 3.05) is 0 Å². The molecule has 14 heavy (non-hydrogen) atoms. The summed E-state index contributed by atoms with van der Waals surface area (Å²) in [6.45, 7) is 0. The standard InChI is InChI=1S/C11H8O2.Cu/c12-11(13)10-7-3-5-8-4-1-2-6-9(8)10;/h1-7H,(H,12,13);/q;+1/p-1. The summed E-state index contributed by atoms with van der Waals surface area (Å²) in [5, 5.41) is 12.4. The van der Waals surface area contributed by atoms with Crippen LogP contribution >= 0.6 is 0 Å². The first-order valence-corrected chi connectivity index (χ1v) is 3.98. The van der Waals surface area contributed by atoms with Crippen molar-refractivity contribution in [2.24, 2.45) is 0 Å². The van der Waals surface area contributed by atoms with Gasteiger partial charge in [-0.15, -0.1) is 0 Å². The summed E-state index contributed by atoms with van der Waals surface area (Å²) >= 11 is 0. The van der Waals surface area contributed by atoms with Crippen LogP contribution in [0.1, 0.15) is 10.4 Å². The number of carbonyl (C=O) groups excluding carboxylic acids is 1. The van der Waals surface area contributed by atoms with Crippen LogP contribution in [0.2, 0.25) is 0 Å². The minimum atomic E-state index is -1.13. The number of carbonyl (C=O) groups is 1. The molecule has 0 aliphatic rings. The number of hydrogen-bond donors (Lipinski definition) is 0. The molecule has 0 bridgehead atoms. The van der Waals surface area contributed by atoms with Gasteiger partial charge >= 0.3 is 17.1 Å². The van der Waals surface area contributed by atoms with Crippen LogP contribution < -0.4 is 5.11 Å². The second-order valence-electron chi connectivity index (χ2n) is 2.81. The molecule has 0 aliphatic heterocycles. The number of carboxylic acids is 1. The molecule has 3 heteroatoms. The van der Waals surface area contributed by atoms with Gasteiger partial charge in [0.15, 0.2) is 0 Å². The van der Waals surface area contributed by atoms with E-state index in [-0.39, 0.29) is 22.6 Å². The molecule has 0 unspecified atom stereocenters. The Morgan fingerprint density at radius 2 is 1.64 bits per heavy atom. The molecule has 0 aromatic heterocycles. The van der Waals surface area contributed by atoms with E-state index in [1.54, 1.807) is 18.2 Å². The van der Waals surface area contributed by atoms with Crippen molar-refractivity contribution in [3.63, 3.8) is 0 Å².